The molecule has 2 atom stereocenters. The minimum atomic E-state index is -1.44. The van der Waals surface area contributed by atoms with Crippen LogP contribution in [-0.4, -0.2) is 114 Å². The Morgan fingerprint density at radius 1 is 0.500 bits per heavy atom. The summed E-state index contributed by atoms with van der Waals surface area (Å²) in [7, 11) is 0. The van der Waals surface area contributed by atoms with E-state index in [0.717, 1.165) is 0 Å². The molecule has 0 aromatic heterocycles. The molecule has 0 bridgehead atoms. The molecule has 28 heavy (non-hydrogen) atoms. The van der Waals surface area contributed by atoms with Crippen molar-refractivity contribution in [1.29, 1.82) is 0 Å². The second-order valence-electron chi connectivity index (χ2n) is 6.82. The lowest BCUT2D eigenvalue weighted by atomic mass is 10.1. The monoisotopic (exact) mass is 418 g/mol. The van der Waals surface area contributed by atoms with E-state index in [1.54, 1.807) is 0 Å². The largest absolute Gasteiger partial charge is 0.385 e. The van der Waals surface area contributed by atoms with Gasteiger partial charge in [0.25, 0.3) is 0 Å². The fourth-order valence-corrected chi connectivity index (χ4v) is 1.66. The third kappa shape index (κ3) is 18.9. The van der Waals surface area contributed by atoms with Gasteiger partial charge in [-0.3, -0.25) is 0 Å². The Morgan fingerprint density at radius 2 is 0.714 bits per heavy atom. The molecule has 8 nitrogen and oxygen atoms in total. The lowest BCUT2D eigenvalue weighted by Gasteiger charge is -2.18. The highest BCUT2D eigenvalue weighted by Crippen LogP contribution is 2.04. The van der Waals surface area contributed by atoms with Gasteiger partial charge in [0.2, 0.25) is 0 Å². The van der Waals surface area contributed by atoms with Crippen molar-refractivity contribution < 1.29 is 47.4 Å². The van der Waals surface area contributed by atoms with Crippen LogP contribution in [0.3, 0.4) is 0 Å². The fourth-order valence-electron chi connectivity index (χ4n) is 1.66. The minimum absolute atomic E-state index is 0.0708. The Morgan fingerprint density at radius 3 is 0.929 bits per heavy atom. The predicted molar refractivity (Wildman–Crippen MR) is 98.1 cm³/mol. The van der Waals surface area contributed by atoms with Crippen LogP contribution in [0.15, 0.2) is 0 Å². The van der Waals surface area contributed by atoms with E-state index in [2.05, 4.69) is 0 Å². The minimum Gasteiger partial charge on any atom is -0.385 e. The molecule has 0 spiro atoms. The summed E-state index contributed by atoms with van der Waals surface area (Å²) in [4.78, 5) is 0. The van der Waals surface area contributed by atoms with Crippen molar-refractivity contribution in [2.75, 3.05) is 92.6 Å². The summed E-state index contributed by atoms with van der Waals surface area (Å²) in [6.45, 7) is 4.64. The van der Waals surface area contributed by atoms with Crippen LogP contribution in [0, 0.1) is 0 Å². The van der Waals surface area contributed by atoms with E-state index < -0.39 is 24.6 Å². The van der Waals surface area contributed by atoms with Gasteiger partial charge in [0.1, 0.15) is 24.6 Å². The molecule has 0 saturated heterocycles. The van der Waals surface area contributed by atoms with Crippen LogP contribution >= 0.6 is 0 Å². The van der Waals surface area contributed by atoms with Crippen molar-refractivity contribution in [3.63, 3.8) is 0 Å². The molecular formula is C18H36F2O8. The number of aliphatic hydroxyl groups is 2. The van der Waals surface area contributed by atoms with Gasteiger partial charge >= 0.3 is 0 Å². The molecular weight excluding hydrogens is 382 g/mol. The topological polar surface area (TPSA) is 95.8 Å². The van der Waals surface area contributed by atoms with Gasteiger partial charge in [-0.1, -0.05) is 0 Å². The zero-order chi connectivity index (χ0) is 21.1. The number of hydrogen-bond donors (Lipinski definition) is 2. The lowest BCUT2D eigenvalue weighted by Crippen LogP contribution is -2.33. The van der Waals surface area contributed by atoms with Gasteiger partial charge in [0, 0.05) is 0 Å². The third-order valence-electron chi connectivity index (χ3n) is 3.26. The highest BCUT2D eigenvalue weighted by Gasteiger charge is 2.20. The molecule has 0 aliphatic heterocycles. The Hall–Kier alpha value is -0.460. The number of rotatable bonds is 21. The van der Waals surface area contributed by atoms with E-state index in [9.17, 15) is 19.0 Å². The lowest BCUT2D eigenvalue weighted by molar-refractivity contribution is -0.0646. The summed E-state index contributed by atoms with van der Waals surface area (Å²) in [5.41, 5.74) is -2.89. The SMILES string of the molecule is CC(O)(CF)COCCOCCOCCOCCOCCOCC(C)(O)CF. The molecule has 2 N–H and O–H groups in total. The van der Waals surface area contributed by atoms with Gasteiger partial charge in [-0.2, -0.15) is 0 Å². The zero-order valence-electron chi connectivity index (χ0n) is 17.0. The Kier molecular flexibility index (Phi) is 17.1. The molecule has 170 valence electrons. The first kappa shape index (κ1) is 27.5. The molecule has 10 heteroatoms. The average Bonchev–Trinajstić information content (AvgIpc) is 2.67. The first-order valence-corrected chi connectivity index (χ1v) is 9.36. The van der Waals surface area contributed by atoms with E-state index in [1.807, 2.05) is 0 Å². The van der Waals surface area contributed by atoms with Crippen LogP contribution in [0.2, 0.25) is 0 Å². The normalized spacial score (nSPS) is 16.1. The van der Waals surface area contributed by atoms with Gasteiger partial charge in [-0.15, -0.1) is 0 Å². The second-order valence-corrected chi connectivity index (χ2v) is 6.82. The first-order valence-electron chi connectivity index (χ1n) is 9.36. The number of ether oxygens (including phenoxy) is 6. The highest BCUT2D eigenvalue weighted by molar-refractivity contribution is 4.70. The molecule has 0 aliphatic rings. The van der Waals surface area contributed by atoms with Gasteiger partial charge in [-0.05, 0) is 13.8 Å². The Bertz CT molecular complexity index is 314. The summed E-state index contributed by atoms with van der Waals surface area (Å²) in [6.07, 6.45) is 0. The maximum atomic E-state index is 12.3. The van der Waals surface area contributed by atoms with E-state index in [1.165, 1.54) is 13.8 Å². The number of halogens is 2. The number of alkyl halides is 2. The summed E-state index contributed by atoms with van der Waals surface area (Å²) < 4.78 is 56.0. The van der Waals surface area contributed by atoms with Crippen molar-refractivity contribution >= 4 is 0 Å². The molecule has 2 unspecified atom stereocenters. The summed E-state index contributed by atoms with van der Waals surface area (Å²) in [5.74, 6) is 0. The van der Waals surface area contributed by atoms with E-state index in [-0.39, 0.29) is 26.4 Å². The molecule has 0 aromatic carbocycles. The first-order chi connectivity index (χ1) is 13.3. The average molecular weight is 418 g/mol. The standard InChI is InChI=1S/C18H36F2O8/c1-17(21,13-19)15-27-11-9-25-7-5-23-3-4-24-6-8-26-10-12-28-16-18(2,22)14-20/h21-22H,3-16H2,1-2H3. The van der Waals surface area contributed by atoms with Gasteiger partial charge in [0.05, 0.1) is 79.3 Å². The van der Waals surface area contributed by atoms with Crippen molar-refractivity contribution in [3.05, 3.63) is 0 Å². The molecule has 0 aliphatic carbocycles. The molecule has 0 aromatic rings. The molecule has 0 heterocycles. The highest BCUT2D eigenvalue weighted by atomic mass is 19.1. The second kappa shape index (κ2) is 17.4. The quantitative estimate of drug-likeness (QED) is 0.261. The van der Waals surface area contributed by atoms with Gasteiger partial charge in [0.15, 0.2) is 0 Å². The van der Waals surface area contributed by atoms with Crippen molar-refractivity contribution in [2.45, 2.75) is 25.0 Å². The fraction of sp³-hybridized carbons (Fsp3) is 1.00. The van der Waals surface area contributed by atoms with Crippen LogP contribution in [0.4, 0.5) is 8.78 Å². The zero-order valence-corrected chi connectivity index (χ0v) is 17.0. The smallest absolute Gasteiger partial charge is 0.120 e. The van der Waals surface area contributed by atoms with E-state index in [4.69, 9.17) is 28.4 Å². The number of hydrogen-bond acceptors (Lipinski definition) is 8. The molecule has 0 amide bonds. The summed E-state index contributed by atoms with van der Waals surface area (Å²) in [5, 5.41) is 18.8. The predicted octanol–water partition coefficient (Wildman–Crippen LogP) is 0.527. The van der Waals surface area contributed by atoms with Crippen LogP contribution in [0.25, 0.3) is 0 Å². The Balaban J connectivity index is 3.14. The Labute approximate surface area is 166 Å². The van der Waals surface area contributed by atoms with Crippen molar-refractivity contribution in [1.82, 2.24) is 0 Å². The van der Waals surface area contributed by atoms with Crippen LogP contribution < -0.4 is 0 Å². The van der Waals surface area contributed by atoms with Crippen LogP contribution in [-0.2, 0) is 28.4 Å². The van der Waals surface area contributed by atoms with Crippen molar-refractivity contribution in [3.8, 4) is 0 Å². The maximum absolute atomic E-state index is 12.3. The van der Waals surface area contributed by atoms with E-state index in [0.29, 0.717) is 52.9 Å². The maximum Gasteiger partial charge on any atom is 0.120 e. The van der Waals surface area contributed by atoms with E-state index >= 15 is 0 Å². The molecule has 0 radical (unpaired) electrons. The van der Waals surface area contributed by atoms with Crippen LogP contribution in [0.1, 0.15) is 13.8 Å². The molecule has 0 saturated carbocycles. The third-order valence-corrected chi connectivity index (χ3v) is 3.26. The summed E-state index contributed by atoms with van der Waals surface area (Å²) in [6, 6.07) is 0. The molecule has 0 rings (SSSR count). The van der Waals surface area contributed by atoms with Gasteiger partial charge in [-0.25, -0.2) is 8.78 Å². The van der Waals surface area contributed by atoms with Crippen molar-refractivity contribution in [2.24, 2.45) is 0 Å². The van der Waals surface area contributed by atoms with Crippen LogP contribution in [0.5, 0.6) is 0 Å². The summed E-state index contributed by atoms with van der Waals surface area (Å²) >= 11 is 0. The van der Waals surface area contributed by atoms with Gasteiger partial charge < -0.3 is 38.6 Å². The molecule has 0 fully saturated rings.